The van der Waals surface area contributed by atoms with Crippen molar-refractivity contribution in [1.82, 2.24) is 9.80 Å². The molecule has 0 N–H and O–H groups in total. The highest BCUT2D eigenvalue weighted by Gasteiger charge is 2.27. The second-order valence-electron chi connectivity index (χ2n) is 7.51. The van der Waals surface area contributed by atoms with E-state index < -0.39 is 0 Å². The number of likely N-dealkylation sites (tertiary alicyclic amines) is 1. The third-order valence-electron chi connectivity index (χ3n) is 5.06. The number of hydrogen-bond acceptors (Lipinski definition) is 2. The van der Waals surface area contributed by atoms with Crippen LogP contribution >= 0.6 is 0 Å². The van der Waals surface area contributed by atoms with Crippen molar-refractivity contribution < 1.29 is 4.79 Å². The molecular weight excluding hydrogens is 284 g/mol. The molecule has 128 valence electrons. The van der Waals surface area contributed by atoms with Crippen LogP contribution in [0.5, 0.6) is 0 Å². The fourth-order valence-corrected chi connectivity index (χ4v) is 3.38. The van der Waals surface area contributed by atoms with Gasteiger partial charge >= 0.3 is 0 Å². The molecule has 23 heavy (non-hydrogen) atoms. The van der Waals surface area contributed by atoms with Gasteiger partial charge in [0.2, 0.25) is 0 Å². The summed E-state index contributed by atoms with van der Waals surface area (Å²) in [5.74, 6) is 1.09. The van der Waals surface area contributed by atoms with E-state index in [1.165, 1.54) is 31.5 Å². The van der Waals surface area contributed by atoms with Crippen molar-refractivity contribution in [3.63, 3.8) is 0 Å². The molecule has 1 aromatic rings. The van der Waals surface area contributed by atoms with Crippen molar-refractivity contribution in [3.8, 4) is 0 Å². The van der Waals surface area contributed by atoms with Crippen LogP contribution in [-0.2, 0) is 0 Å². The number of nitrogens with zero attached hydrogens (tertiary/aromatic N) is 2. The smallest absolute Gasteiger partial charge is 0.253 e. The first-order chi connectivity index (χ1) is 10.9. The zero-order chi connectivity index (χ0) is 17.0. The van der Waals surface area contributed by atoms with Crippen LogP contribution in [0.4, 0.5) is 0 Å². The predicted octanol–water partition coefficient (Wildman–Crippen LogP) is 4.00. The summed E-state index contributed by atoms with van der Waals surface area (Å²) >= 11 is 0. The molecule has 1 aliphatic rings. The number of amides is 1. The average molecular weight is 316 g/mol. The number of likely N-dealkylation sites (N-methyl/N-ethyl adjacent to an activating group) is 1. The van der Waals surface area contributed by atoms with Crippen LogP contribution in [0.3, 0.4) is 0 Å². The predicted molar refractivity (Wildman–Crippen MR) is 96.9 cm³/mol. The average Bonchev–Trinajstić information content (AvgIpc) is 3.04. The number of carbonyl (C=O) groups is 1. The minimum absolute atomic E-state index is 0.137. The monoisotopic (exact) mass is 316 g/mol. The molecule has 0 bridgehead atoms. The highest BCUT2D eigenvalue weighted by molar-refractivity contribution is 5.94. The van der Waals surface area contributed by atoms with Crippen molar-refractivity contribution >= 4 is 5.91 Å². The van der Waals surface area contributed by atoms with E-state index in [0.717, 1.165) is 12.1 Å². The summed E-state index contributed by atoms with van der Waals surface area (Å²) in [5.41, 5.74) is 2.07. The Morgan fingerprint density at radius 2 is 1.65 bits per heavy atom. The zero-order valence-electron chi connectivity index (χ0n) is 15.4. The van der Waals surface area contributed by atoms with Gasteiger partial charge in [0.05, 0.1) is 0 Å². The van der Waals surface area contributed by atoms with Gasteiger partial charge in [-0.1, -0.05) is 39.8 Å². The molecule has 0 spiro atoms. The van der Waals surface area contributed by atoms with Gasteiger partial charge in [-0.2, -0.15) is 0 Å². The van der Waals surface area contributed by atoms with Crippen LogP contribution < -0.4 is 0 Å². The van der Waals surface area contributed by atoms with Crippen LogP contribution in [0, 0.1) is 5.92 Å². The van der Waals surface area contributed by atoms with Crippen LogP contribution in [0.15, 0.2) is 24.3 Å². The number of benzene rings is 1. The lowest BCUT2D eigenvalue weighted by Crippen LogP contribution is -2.47. The van der Waals surface area contributed by atoms with Crippen LogP contribution in [0.1, 0.15) is 62.4 Å². The zero-order valence-corrected chi connectivity index (χ0v) is 15.4. The van der Waals surface area contributed by atoms with Gasteiger partial charge < -0.3 is 9.80 Å². The van der Waals surface area contributed by atoms with E-state index in [9.17, 15) is 4.79 Å². The number of carbonyl (C=O) groups excluding carboxylic acids is 1. The van der Waals surface area contributed by atoms with Gasteiger partial charge in [0.1, 0.15) is 0 Å². The van der Waals surface area contributed by atoms with Gasteiger partial charge in [0.15, 0.2) is 0 Å². The quantitative estimate of drug-likeness (QED) is 0.792. The standard InChI is InChI=1S/C20H32N2O/c1-15(2)17-8-10-18(11-9-17)20(23)21(5)19(16(3)4)14-22-12-6-7-13-22/h8-11,15-16,19H,6-7,12-14H2,1-5H3/t19-/m1/s1. The molecule has 1 fully saturated rings. The minimum Gasteiger partial charge on any atom is -0.337 e. The summed E-state index contributed by atoms with van der Waals surface area (Å²) < 4.78 is 0. The van der Waals surface area contributed by atoms with E-state index in [0.29, 0.717) is 11.8 Å². The molecule has 1 heterocycles. The Morgan fingerprint density at radius 3 is 2.13 bits per heavy atom. The lowest BCUT2D eigenvalue weighted by atomic mass is 9.99. The highest BCUT2D eigenvalue weighted by atomic mass is 16.2. The molecule has 0 saturated carbocycles. The molecule has 1 saturated heterocycles. The number of rotatable bonds is 6. The molecule has 1 aromatic carbocycles. The molecule has 3 nitrogen and oxygen atoms in total. The third kappa shape index (κ3) is 4.57. The maximum Gasteiger partial charge on any atom is 0.253 e. The Labute approximate surface area is 141 Å². The van der Waals surface area contributed by atoms with Crippen molar-refractivity contribution in [1.29, 1.82) is 0 Å². The van der Waals surface area contributed by atoms with Gasteiger partial charge in [-0.25, -0.2) is 0 Å². The van der Waals surface area contributed by atoms with Gasteiger partial charge in [-0.05, 0) is 55.5 Å². The summed E-state index contributed by atoms with van der Waals surface area (Å²) in [5, 5.41) is 0. The topological polar surface area (TPSA) is 23.6 Å². The Bertz CT molecular complexity index is 501. The first-order valence-electron chi connectivity index (χ1n) is 8.99. The molecule has 2 rings (SSSR count). The van der Waals surface area contributed by atoms with Gasteiger partial charge in [0.25, 0.3) is 5.91 Å². The van der Waals surface area contributed by atoms with E-state index >= 15 is 0 Å². The van der Waals surface area contributed by atoms with Crippen LogP contribution in [0.25, 0.3) is 0 Å². The second kappa shape index (κ2) is 7.96. The first-order valence-corrected chi connectivity index (χ1v) is 8.99. The fourth-order valence-electron chi connectivity index (χ4n) is 3.38. The van der Waals surface area contributed by atoms with E-state index in [1.807, 2.05) is 24.1 Å². The molecule has 1 atom stereocenters. The largest absolute Gasteiger partial charge is 0.337 e. The van der Waals surface area contributed by atoms with Crippen molar-refractivity contribution in [2.24, 2.45) is 5.92 Å². The summed E-state index contributed by atoms with van der Waals surface area (Å²) in [4.78, 5) is 17.3. The van der Waals surface area contributed by atoms with Crippen molar-refractivity contribution in [3.05, 3.63) is 35.4 Å². The molecule has 0 radical (unpaired) electrons. The molecule has 1 aliphatic heterocycles. The highest BCUT2D eigenvalue weighted by Crippen LogP contribution is 2.19. The molecule has 0 aliphatic carbocycles. The van der Waals surface area contributed by atoms with Gasteiger partial charge in [0, 0.05) is 25.2 Å². The number of hydrogen-bond donors (Lipinski definition) is 0. The summed E-state index contributed by atoms with van der Waals surface area (Å²) in [6, 6.07) is 8.38. The Kier molecular flexibility index (Phi) is 6.23. The molecule has 1 amide bonds. The van der Waals surface area contributed by atoms with E-state index in [-0.39, 0.29) is 11.9 Å². The van der Waals surface area contributed by atoms with E-state index in [4.69, 9.17) is 0 Å². The fraction of sp³-hybridized carbons (Fsp3) is 0.650. The summed E-state index contributed by atoms with van der Waals surface area (Å²) in [6.45, 7) is 12.1. The molecule has 0 unspecified atom stereocenters. The lowest BCUT2D eigenvalue weighted by molar-refractivity contribution is 0.0641. The lowest BCUT2D eigenvalue weighted by Gasteiger charge is -2.34. The normalized spacial score (nSPS) is 17.0. The Hall–Kier alpha value is -1.35. The van der Waals surface area contributed by atoms with Crippen molar-refractivity contribution in [2.75, 3.05) is 26.7 Å². The molecule has 3 heteroatoms. The maximum atomic E-state index is 12.9. The first kappa shape index (κ1) is 18.0. The van der Waals surface area contributed by atoms with E-state index in [2.05, 4.69) is 44.7 Å². The SMILES string of the molecule is CC(C)c1ccc(C(=O)N(C)[C@H](CN2CCCC2)C(C)C)cc1. The third-order valence-corrected chi connectivity index (χ3v) is 5.06. The van der Waals surface area contributed by atoms with Gasteiger partial charge in [-0.15, -0.1) is 0 Å². The molecule has 0 aromatic heterocycles. The van der Waals surface area contributed by atoms with Crippen LogP contribution in [0.2, 0.25) is 0 Å². The maximum absolute atomic E-state index is 12.9. The summed E-state index contributed by atoms with van der Waals surface area (Å²) in [7, 11) is 1.96. The Morgan fingerprint density at radius 1 is 1.09 bits per heavy atom. The minimum atomic E-state index is 0.137. The summed E-state index contributed by atoms with van der Waals surface area (Å²) in [6.07, 6.45) is 2.58. The van der Waals surface area contributed by atoms with Crippen LogP contribution in [-0.4, -0.2) is 48.4 Å². The van der Waals surface area contributed by atoms with Gasteiger partial charge in [-0.3, -0.25) is 4.79 Å². The van der Waals surface area contributed by atoms with Crippen molar-refractivity contribution in [2.45, 2.75) is 52.5 Å². The second-order valence-corrected chi connectivity index (χ2v) is 7.51. The van der Waals surface area contributed by atoms with E-state index in [1.54, 1.807) is 0 Å². The molecular formula is C20H32N2O. The Balaban J connectivity index is 2.08.